The summed E-state index contributed by atoms with van der Waals surface area (Å²) < 4.78 is 45.0. The molecule has 1 aromatic heterocycles. The molecule has 192 valence electrons. The molecule has 5 rings (SSSR count). The van der Waals surface area contributed by atoms with Gasteiger partial charge >= 0.3 is 6.18 Å². The van der Waals surface area contributed by atoms with Crippen molar-refractivity contribution < 1.29 is 27.8 Å². The predicted octanol–water partition coefficient (Wildman–Crippen LogP) is 1.93. The maximum absolute atomic E-state index is 13.2. The lowest BCUT2D eigenvalue weighted by Gasteiger charge is -2.37. The van der Waals surface area contributed by atoms with Crippen molar-refractivity contribution >= 4 is 22.9 Å². The lowest BCUT2D eigenvalue weighted by molar-refractivity contribution is -0.148. The molecule has 2 aromatic rings. The van der Waals surface area contributed by atoms with Crippen molar-refractivity contribution in [3.63, 3.8) is 0 Å². The van der Waals surface area contributed by atoms with Crippen LogP contribution in [0, 0.1) is 0 Å². The summed E-state index contributed by atoms with van der Waals surface area (Å²) in [5, 5.41) is 12.7. The van der Waals surface area contributed by atoms with Gasteiger partial charge in [-0.15, -0.1) is 0 Å². The summed E-state index contributed by atoms with van der Waals surface area (Å²) in [6.07, 6.45) is 0.920. The van der Waals surface area contributed by atoms with Crippen LogP contribution in [-0.2, 0) is 11.2 Å². The SMILES string of the molecule is C[C@@]1(CO)Cc2cc(NC(=O)/C(=C/N)c3ncccn3)c(N3C[C@@H]4C[C@H]3CN4CC(F)(F)F)cc2O1. The number of aliphatic hydroxyl groups is 1. The minimum atomic E-state index is -4.25. The zero-order valence-electron chi connectivity index (χ0n) is 19.6. The van der Waals surface area contributed by atoms with Gasteiger partial charge in [0.05, 0.1) is 30.1 Å². The van der Waals surface area contributed by atoms with E-state index in [0.29, 0.717) is 36.5 Å². The van der Waals surface area contributed by atoms with E-state index in [1.54, 1.807) is 25.1 Å². The summed E-state index contributed by atoms with van der Waals surface area (Å²) in [7, 11) is 0. The molecular weight excluding hydrogens is 477 g/mol. The van der Waals surface area contributed by atoms with Crippen LogP contribution in [0.2, 0.25) is 0 Å². The largest absolute Gasteiger partial charge is 0.484 e. The van der Waals surface area contributed by atoms with Crippen LogP contribution in [-0.4, -0.2) is 76.0 Å². The number of hydrogen-bond acceptors (Lipinski definition) is 8. The fraction of sp³-hybridized carbons (Fsp3) is 0.458. The van der Waals surface area contributed by atoms with Crippen LogP contribution in [0.3, 0.4) is 0 Å². The van der Waals surface area contributed by atoms with Crippen LogP contribution in [0.1, 0.15) is 24.7 Å². The maximum atomic E-state index is 13.2. The number of ether oxygens (including phenoxy) is 1. The number of carbonyl (C=O) groups excluding carboxylic acids is 1. The number of halogens is 3. The molecule has 3 aliphatic rings. The molecule has 3 aliphatic heterocycles. The van der Waals surface area contributed by atoms with E-state index < -0.39 is 24.2 Å². The lowest BCUT2D eigenvalue weighted by atomic mass is 9.99. The number of carbonyl (C=O) groups is 1. The topological polar surface area (TPSA) is 117 Å². The van der Waals surface area contributed by atoms with Crippen molar-refractivity contribution in [2.75, 3.05) is 36.5 Å². The fourth-order valence-electron chi connectivity index (χ4n) is 5.33. The predicted molar refractivity (Wildman–Crippen MR) is 126 cm³/mol. The average Bonchev–Trinajstić information content (AvgIpc) is 3.50. The molecule has 4 N–H and O–H groups in total. The Balaban J connectivity index is 1.45. The Labute approximate surface area is 205 Å². The van der Waals surface area contributed by atoms with Gasteiger partial charge in [0.1, 0.15) is 11.4 Å². The van der Waals surface area contributed by atoms with E-state index in [1.165, 1.54) is 17.3 Å². The first kappa shape index (κ1) is 24.3. The first-order valence-electron chi connectivity index (χ1n) is 11.6. The standard InChI is InChI=1S/C24H27F3N6O3/c1-23(13-34)8-14-5-18(31-22(35)17(9-28)21-29-3-2-4-30-21)19(7-20(14)36-23)33-11-15-6-16(33)10-32(15)12-24(25,26)27/h2-5,7,9,15-16,34H,6,8,10-13,28H2,1H3,(H,31,35)/b17-9+/t15-,16-,23-/m0/s1. The highest BCUT2D eigenvalue weighted by Crippen LogP contribution is 2.45. The van der Waals surface area contributed by atoms with Crippen molar-refractivity contribution in [1.29, 1.82) is 0 Å². The monoisotopic (exact) mass is 504 g/mol. The molecule has 2 fully saturated rings. The number of aliphatic hydroxyl groups excluding tert-OH is 1. The fourth-order valence-corrected chi connectivity index (χ4v) is 5.33. The van der Waals surface area contributed by atoms with E-state index >= 15 is 0 Å². The summed E-state index contributed by atoms with van der Waals surface area (Å²) in [5.41, 5.74) is 6.94. The molecule has 0 unspecified atom stereocenters. The Morgan fingerprint density at radius 2 is 2.06 bits per heavy atom. The minimum absolute atomic E-state index is 0.0813. The molecule has 0 spiro atoms. The third-order valence-corrected chi connectivity index (χ3v) is 6.95. The number of nitrogens with zero attached hydrogens (tertiary/aromatic N) is 4. The van der Waals surface area contributed by atoms with Gasteiger partial charge in [-0.3, -0.25) is 9.69 Å². The van der Waals surface area contributed by atoms with Gasteiger partial charge in [-0.2, -0.15) is 13.2 Å². The highest BCUT2D eigenvalue weighted by atomic mass is 19.4. The highest BCUT2D eigenvalue weighted by Gasteiger charge is 2.47. The molecular formula is C24H27F3N6O3. The first-order valence-corrected chi connectivity index (χ1v) is 11.6. The van der Waals surface area contributed by atoms with Crippen molar-refractivity contribution in [3.05, 3.63) is 48.2 Å². The van der Waals surface area contributed by atoms with Gasteiger partial charge in [0.2, 0.25) is 0 Å². The van der Waals surface area contributed by atoms with E-state index in [-0.39, 0.29) is 36.6 Å². The zero-order valence-corrected chi connectivity index (χ0v) is 19.6. The second kappa shape index (κ2) is 8.93. The van der Waals surface area contributed by atoms with Gasteiger partial charge < -0.3 is 25.8 Å². The molecule has 3 atom stereocenters. The third kappa shape index (κ3) is 4.58. The number of anilines is 2. The lowest BCUT2D eigenvalue weighted by Crippen LogP contribution is -2.49. The molecule has 2 saturated heterocycles. The van der Waals surface area contributed by atoms with Gasteiger partial charge in [0, 0.05) is 61.8 Å². The molecule has 0 saturated carbocycles. The van der Waals surface area contributed by atoms with E-state index in [4.69, 9.17) is 10.5 Å². The number of aromatic nitrogens is 2. The van der Waals surface area contributed by atoms with E-state index in [0.717, 1.165) is 11.8 Å². The Hall–Kier alpha value is -3.38. The highest BCUT2D eigenvalue weighted by molar-refractivity contribution is 6.24. The minimum Gasteiger partial charge on any atom is -0.484 e. The van der Waals surface area contributed by atoms with Crippen molar-refractivity contribution in [3.8, 4) is 5.75 Å². The van der Waals surface area contributed by atoms with Crippen LogP contribution in [0.5, 0.6) is 5.75 Å². The number of nitrogens with one attached hydrogen (secondary N) is 1. The van der Waals surface area contributed by atoms with Crippen molar-refractivity contribution in [1.82, 2.24) is 14.9 Å². The average molecular weight is 505 g/mol. The number of amides is 1. The molecule has 4 heterocycles. The van der Waals surface area contributed by atoms with Gasteiger partial charge in [-0.05, 0) is 25.5 Å². The molecule has 2 bridgehead atoms. The summed E-state index contributed by atoms with van der Waals surface area (Å²) in [6.45, 7) is 1.33. The van der Waals surface area contributed by atoms with Crippen molar-refractivity contribution in [2.24, 2.45) is 5.73 Å². The number of nitrogens with two attached hydrogens (primary N) is 1. The molecule has 9 nitrogen and oxygen atoms in total. The van der Waals surface area contributed by atoms with Gasteiger partial charge in [-0.25, -0.2) is 9.97 Å². The van der Waals surface area contributed by atoms with Crippen LogP contribution in [0.25, 0.3) is 5.57 Å². The van der Waals surface area contributed by atoms with Crippen LogP contribution in [0.15, 0.2) is 36.8 Å². The Morgan fingerprint density at radius 1 is 1.31 bits per heavy atom. The van der Waals surface area contributed by atoms with Gasteiger partial charge in [-0.1, -0.05) is 0 Å². The van der Waals surface area contributed by atoms with Crippen LogP contribution >= 0.6 is 0 Å². The number of fused-ring (bicyclic) bond motifs is 3. The van der Waals surface area contributed by atoms with E-state index in [1.807, 2.05) is 4.90 Å². The normalized spacial score (nSPS) is 25.7. The maximum Gasteiger partial charge on any atom is 0.401 e. The van der Waals surface area contributed by atoms with Gasteiger partial charge in [0.15, 0.2) is 5.82 Å². The molecule has 1 amide bonds. The smallest absolute Gasteiger partial charge is 0.401 e. The molecule has 12 heteroatoms. The quantitative estimate of drug-likeness (QED) is 0.511. The molecule has 0 aliphatic carbocycles. The summed E-state index contributed by atoms with van der Waals surface area (Å²) in [5.74, 6) is 0.228. The number of rotatable bonds is 6. The molecule has 36 heavy (non-hydrogen) atoms. The zero-order chi connectivity index (χ0) is 25.7. The summed E-state index contributed by atoms with van der Waals surface area (Å²) >= 11 is 0. The van der Waals surface area contributed by atoms with Gasteiger partial charge in [0.25, 0.3) is 5.91 Å². The van der Waals surface area contributed by atoms with Crippen LogP contribution in [0.4, 0.5) is 24.5 Å². The number of likely N-dealkylation sites (tertiary alicyclic amines) is 1. The Morgan fingerprint density at radius 3 is 2.67 bits per heavy atom. The van der Waals surface area contributed by atoms with E-state index in [9.17, 15) is 23.1 Å². The summed E-state index contributed by atoms with van der Waals surface area (Å²) in [6, 6.07) is 4.83. The van der Waals surface area contributed by atoms with E-state index in [2.05, 4.69) is 15.3 Å². The Kier molecular flexibility index (Phi) is 6.03. The second-order valence-corrected chi connectivity index (χ2v) is 9.71. The number of alkyl halides is 3. The number of benzene rings is 1. The van der Waals surface area contributed by atoms with Crippen LogP contribution < -0.4 is 20.7 Å². The number of hydrogen-bond donors (Lipinski definition) is 3. The molecule has 0 radical (unpaired) electrons. The first-order chi connectivity index (χ1) is 17.1. The number of piperazine rings is 1. The van der Waals surface area contributed by atoms with Crippen molar-refractivity contribution in [2.45, 2.75) is 43.6 Å². The third-order valence-electron chi connectivity index (χ3n) is 6.95. The Bertz CT molecular complexity index is 1190. The summed E-state index contributed by atoms with van der Waals surface area (Å²) in [4.78, 5) is 24.9. The second-order valence-electron chi connectivity index (χ2n) is 9.71. The molecule has 1 aromatic carbocycles.